The molecule has 18 heavy (non-hydrogen) atoms. The fraction of sp³-hybridized carbons (Fsp3) is 0.571. The first-order valence-corrected chi connectivity index (χ1v) is 6.24. The molecule has 0 aliphatic heterocycles. The van der Waals surface area contributed by atoms with E-state index in [0.29, 0.717) is 5.92 Å². The van der Waals surface area contributed by atoms with Crippen molar-refractivity contribution in [3.8, 4) is 5.75 Å². The first kappa shape index (κ1) is 19.3. The molecule has 0 amide bonds. The summed E-state index contributed by atoms with van der Waals surface area (Å²) in [5.41, 5.74) is 0.783. The number of ether oxygens (including phenoxy) is 1. The maximum Gasteiger partial charge on any atom is -0.870 e. The molecular formula is C14H23BO3. The molecule has 0 fully saturated rings. The summed E-state index contributed by atoms with van der Waals surface area (Å²) < 4.78 is 5.76. The molecule has 1 unspecified atom stereocenters. The van der Waals surface area contributed by atoms with Gasteiger partial charge in [-0.25, -0.2) is 0 Å². The third-order valence-electron chi connectivity index (χ3n) is 2.91. The van der Waals surface area contributed by atoms with Gasteiger partial charge in [0.2, 0.25) is 0 Å². The molecule has 4 heteroatoms. The van der Waals surface area contributed by atoms with Gasteiger partial charge in [0.15, 0.2) is 0 Å². The standard InChI is InChI=1S/C14H21BO.2H2O/c1-3-5-6-12(4-2)11-16-14-9-7-13(15)8-10-14;;/h7-10,12H,3-6,11H2,1-2H3;2*1H2/q+2;;/p-2. The zero-order valence-corrected chi connectivity index (χ0v) is 11.3. The fourth-order valence-corrected chi connectivity index (χ4v) is 1.68. The van der Waals surface area contributed by atoms with E-state index >= 15 is 0 Å². The van der Waals surface area contributed by atoms with Crippen LogP contribution in [-0.2, 0) is 0 Å². The van der Waals surface area contributed by atoms with Crippen molar-refractivity contribution in [2.45, 2.75) is 39.5 Å². The Kier molecular flexibility index (Phi) is 11.9. The number of benzene rings is 1. The van der Waals surface area contributed by atoms with Crippen molar-refractivity contribution < 1.29 is 15.7 Å². The van der Waals surface area contributed by atoms with E-state index in [0.717, 1.165) is 17.8 Å². The summed E-state index contributed by atoms with van der Waals surface area (Å²) in [6.45, 7) is 5.28. The van der Waals surface area contributed by atoms with E-state index in [1.165, 1.54) is 25.7 Å². The van der Waals surface area contributed by atoms with Gasteiger partial charge in [-0.1, -0.05) is 0 Å². The quantitative estimate of drug-likeness (QED) is 0.698. The van der Waals surface area contributed by atoms with E-state index in [-0.39, 0.29) is 11.0 Å². The van der Waals surface area contributed by atoms with Crippen LogP contribution < -0.4 is 10.2 Å². The third kappa shape index (κ3) is 7.35. The molecule has 0 saturated carbocycles. The van der Waals surface area contributed by atoms with Crippen molar-refractivity contribution in [2.75, 3.05) is 6.61 Å². The summed E-state index contributed by atoms with van der Waals surface area (Å²) in [6.07, 6.45) is 5.01. The van der Waals surface area contributed by atoms with Crippen molar-refractivity contribution in [3.63, 3.8) is 0 Å². The van der Waals surface area contributed by atoms with Gasteiger partial charge >= 0.3 is 100 Å². The number of hydrogen-bond acceptors (Lipinski definition) is 3. The van der Waals surface area contributed by atoms with Gasteiger partial charge in [-0.05, 0) is 0 Å². The Balaban J connectivity index is 0. The summed E-state index contributed by atoms with van der Waals surface area (Å²) in [4.78, 5) is 0. The van der Waals surface area contributed by atoms with Gasteiger partial charge in [0.1, 0.15) is 0 Å². The number of hydrogen-bond donors (Lipinski definition) is 0. The Morgan fingerprint density at radius 2 is 1.72 bits per heavy atom. The van der Waals surface area contributed by atoms with Crippen molar-refractivity contribution >= 4 is 13.3 Å². The van der Waals surface area contributed by atoms with Gasteiger partial charge in [0.05, 0.1) is 0 Å². The molecule has 1 rings (SSSR count). The van der Waals surface area contributed by atoms with Crippen LogP contribution in [0.5, 0.6) is 5.75 Å². The normalized spacial score (nSPS) is 11.1. The van der Waals surface area contributed by atoms with Crippen molar-refractivity contribution in [1.82, 2.24) is 0 Å². The summed E-state index contributed by atoms with van der Waals surface area (Å²) in [6, 6.07) is 7.62. The molecule has 0 aromatic heterocycles. The molecule has 0 radical (unpaired) electrons. The Bertz CT molecular complexity index is 288. The zero-order chi connectivity index (χ0) is 11.8. The fourth-order valence-electron chi connectivity index (χ4n) is 1.68. The van der Waals surface area contributed by atoms with Gasteiger partial charge < -0.3 is 11.0 Å². The van der Waals surface area contributed by atoms with Gasteiger partial charge in [-0.2, -0.15) is 0 Å². The zero-order valence-electron chi connectivity index (χ0n) is 11.3. The van der Waals surface area contributed by atoms with Crippen LogP contribution in [0.2, 0.25) is 0 Å². The second-order valence-corrected chi connectivity index (χ2v) is 4.30. The minimum Gasteiger partial charge on any atom is -0.870 e. The minimum absolute atomic E-state index is 0. The predicted molar refractivity (Wildman–Crippen MR) is 74.5 cm³/mol. The number of unbranched alkanes of at least 4 members (excludes halogenated alkanes) is 1. The van der Waals surface area contributed by atoms with Crippen LogP contribution in [0.4, 0.5) is 0 Å². The van der Waals surface area contributed by atoms with Crippen molar-refractivity contribution in [2.24, 2.45) is 5.92 Å². The van der Waals surface area contributed by atoms with E-state index in [2.05, 4.69) is 13.8 Å². The molecule has 2 N–H and O–H groups in total. The van der Waals surface area contributed by atoms with E-state index in [9.17, 15) is 0 Å². The minimum atomic E-state index is 0. The molecule has 100 valence electrons. The van der Waals surface area contributed by atoms with E-state index in [1.54, 1.807) is 0 Å². The molecule has 1 atom stereocenters. The van der Waals surface area contributed by atoms with Crippen LogP contribution in [0, 0.1) is 5.92 Å². The Hall–Kier alpha value is -0.995. The first-order valence-electron chi connectivity index (χ1n) is 6.24. The van der Waals surface area contributed by atoms with Crippen LogP contribution in [-0.4, -0.2) is 25.4 Å². The second kappa shape index (κ2) is 11.1. The van der Waals surface area contributed by atoms with E-state index in [1.807, 2.05) is 24.3 Å². The molecule has 0 heterocycles. The van der Waals surface area contributed by atoms with Crippen LogP contribution in [0.25, 0.3) is 0 Å². The van der Waals surface area contributed by atoms with Crippen molar-refractivity contribution in [1.29, 1.82) is 0 Å². The SMILES string of the molecule is [B+2]c1ccc(OCC(CC)CCCC)cc1.[OH-].[OH-]. The first-order chi connectivity index (χ1) is 7.76. The Morgan fingerprint density at radius 1 is 1.11 bits per heavy atom. The second-order valence-electron chi connectivity index (χ2n) is 4.30. The Morgan fingerprint density at radius 3 is 2.22 bits per heavy atom. The van der Waals surface area contributed by atoms with Gasteiger partial charge in [0.25, 0.3) is 0 Å². The monoisotopic (exact) mass is 250 g/mol. The predicted octanol–water partition coefficient (Wildman–Crippen LogP) is 2.72. The van der Waals surface area contributed by atoms with Crippen LogP contribution in [0.1, 0.15) is 39.5 Å². The van der Waals surface area contributed by atoms with Gasteiger partial charge in [-0.3, -0.25) is 0 Å². The van der Waals surface area contributed by atoms with E-state index < -0.39 is 0 Å². The van der Waals surface area contributed by atoms with Crippen LogP contribution in [0.15, 0.2) is 24.3 Å². The molecule has 0 saturated heterocycles. The van der Waals surface area contributed by atoms with Crippen molar-refractivity contribution in [3.05, 3.63) is 24.3 Å². The topological polar surface area (TPSA) is 69.2 Å². The summed E-state index contributed by atoms with van der Waals surface area (Å²) in [5.74, 6) is 1.60. The summed E-state index contributed by atoms with van der Waals surface area (Å²) in [7, 11) is 5.62. The number of rotatable bonds is 7. The molecule has 0 aliphatic carbocycles. The largest absolute Gasteiger partial charge is 0.870 e. The van der Waals surface area contributed by atoms with Gasteiger partial charge in [-0.15, -0.1) is 0 Å². The molecule has 0 bridgehead atoms. The molecule has 1 aromatic rings. The smallest absolute Gasteiger partial charge is 0.870 e. The molecular weight excluding hydrogens is 227 g/mol. The average molecular weight is 250 g/mol. The Labute approximate surface area is 112 Å². The molecule has 1 aromatic carbocycles. The third-order valence-corrected chi connectivity index (χ3v) is 2.91. The maximum absolute atomic E-state index is 5.76. The maximum atomic E-state index is 5.76. The van der Waals surface area contributed by atoms with Crippen LogP contribution in [0.3, 0.4) is 0 Å². The average Bonchev–Trinajstić information content (AvgIpc) is 2.32. The molecule has 3 nitrogen and oxygen atoms in total. The molecule has 0 spiro atoms. The summed E-state index contributed by atoms with van der Waals surface area (Å²) >= 11 is 0. The van der Waals surface area contributed by atoms with Crippen LogP contribution >= 0.6 is 0 Å². The molecule has 0 aliphatic rings. The van der Waals surface area contributed by atoms with E-state index in [4.69, 9.17) is 12.6 Å². The summed E-state index contributed by atoms with van der Waals surface area (Å²) in [5, 5.41) is 0. The van der Waals surface area contributed by atoms with Gasteiger partial charge in [0, 0.05) is 0 Å².